The molecular formula is C22H26N2O3. The van der Waals surface area contributed by atoms with Gasteiger partial charge in [-0.25, -0.2) is 4.79 Å². The summed E-state index contributed by atoms with van der Waals surface area (Å²) in [5, 5.41) is 2.69. The van der Waals surface area contributed by atoms with Crippen molar-refractivity contribution in [3.63, 3.8) is 0 Å². The van der Waals surface area contributed by atoms with E-state index in [0.717, 1.165) is 23.4 Å². The standard InChI is InChI=1S/C22H26N2O3/c1-24(2)16-17-26-21-13-11-19(12-14-21)8-6-7-15-23-22(25)27-18-20-9-4-3-5-10-20/h3-5,9-14H,7,15-18H2,1-2H3,(H,23,25). The fourth-order valence-corrected chi connectivity index (χ4v) is 2.15. The molecule has 0 aliphatic heterocycles. The summed E-state index contributed by atoms with van der Waals surface area (Å²) < 4.78 is 10.8. The molecule has 5 heteroatoms. The van der Waals surface area contributed by atoms with E-state index in [2.05, 4.69) is 22.1 Å². The smallest absolute Gasteiger partial charge is 0.407 e. The minimum Gasteiger partial charge on any atom is -0.492 e. The van der Waals surface area contributed by atoms with Gasteiger partial charge in [0.2, 0.25) is 0 Å². The average molecular weight is 366 g/mol. The first-order chi connectivity index (χ1) is 13.1. The zero-order valence-corrected chi connectivity index (χ0v) is 15.9. The fraction of sp³-hybridized carbons (Fsp3) is 0.318. The van der Waals surface area contributed by atoms with Crippen molar-refractivity contribution in [1.29, 1.82) is 0 Å². The SMILES string of the molecule is CN(C)CCOc1ccc(C#CCCNC(=O)OCc2ccccc2)cc1. The number of hydrogen-bond donors (Lipinski definition) is 1. The normalized spacial score (nSPS) is 10.0. The van der Waals surface area contributed by atoms with Gasteiger partial charge in [-0.3, -0.25) is 0 Å². The summed E-state index contributed by atoms with van der Waals surface area (Å²) in [6.07, 6.45) is 0.126. The molecule has 0 heterocycles. The molecule has 142 valence electrons. The first kappa shape index (κ1) is 20.3. The lowest BCUT2D eigenvalue weighted by atomic mass is 10.2. The lowest BCUT2D eigenvalue weighted by Gasteiger charge is -2.10. The number of hydrogen-bond acceptors (Lipinski definition) is 4. The summed E-state index contributed by atoms with van der Waals surface area (Å²) in [5.74, 6) is 6.95. The Labute approximate surface area is 161 Å². The topological polar surface area (TPSA) is 50.8 Å². The maximum absolute atomic E-state index is 11.6. The van der Waals surface area contributed by atoms with E-state index in [0.29, 0.717) is 19.6 Å². The molecule has 27 heavy (non-hydrogen) atoms. The lowest BCUT2D eigenvalue weighted by molar-refractivity contribution is 0.140. The van der Waals surface area contributed by atoms with Crippen LogP contribution < -0.4 is 10.1 Å². The van der Waals surface area contributed by atoms with Crippen molar-refractivity contribution in [1.82, 2.24) is 10.2 Å². The van der Waals surface area contributed by atoms with Gasteiger partial charge < -0.3 is 19.7 Å². The van der Waals surface area contributed by atoms with Crippen molar-refractivity contribution in [2.24, 2.45) is 0 Å². The van der Waals surface area contributed by atoms with Crippen LogP contribution in [-0.2, 0) is 11.3 Å². The van der Waals surface area contributed by atoms with Crippen LogP contribution in [0.2, 0.25) is 0 Å². The van der Waals surface area contributed by atoms with E-state index in [1.165, 1.54) is 0 Å². The average Bonchev–Trinajstić information content (AvgIpc) is 2.68. The summed E-state index contributed by atoms with van der Waals surface area (Å²) in [5.41, 5.74) is 1.88. The van der Waals surface area contributed by atoms with E-state index in [1.54, 1.807) is 0 Å². The molecule has 0 bridgehead atoms. The van der Waals surface area contributed by atoms with Crippen LogP contribution in [0.4, 0.5) is 4.79 Å². The van der Waals surface area contributed by atoms with Gasteiger partial charge in [0.25, 0.3) is 0 Å². The Morgan fingerprint density at radius 3 is 2.52 bits per heavy atom. The predicted molar refractivity (Wildman–Crippen MR) is 107 cm³/mol. The van der Waals surface area contributed by atoms with Crippen molar-refractivity contribution >= 4 is 6.09 Å². The summed E-state index contributed by atoms with van der Waals surface area (Å²) in [4.78, 5) is 13.7. The number of rotatable bonds is 8. The van der Waals surface area contributed by atoms with Crippen molar-refractivity contribution in [3.8, 4) is 17.6 Å². The van der Waals surface area contributed by atoms with E-state index < -0.39 is 6.09 Å². The second kappa shape index (κ2) is 11.6. The Hall–Kier alpha value is -2.97. The van der Waals surface area contributed by atoms with E-state index in [1.807, 2.05) is 68.7 Å². The van der Waals surface area contributed by atoms with Crippen LogP contribution in [0.5, 0.6) is 5.75 Å². The molecule has 0 aliphatic rings. The van der Waals surface area contributed by atoms with E-state index in [4.69, 9.17) is 9.47 Å². The van der Waals surface area contributed by atoms with Crippen molar-refractivity contribution < 1.29 is 14.3 Å². The van der Waals surface area contributed by atoms with E-state index in [9.17, 15) is 4.79 Å². The van der Waals surface area contributed by atoms with Crippen LogP contribution in [0.3, 0.4) is 0 Å². The minimum absolute atomic E-state index is 0.265. The molecule has 0 fully saturated rings. The van der Waals surface area contributed by atoms with Gasteiger partial charge in [-0.05, 0) is 43.9 Å². The molecule has 0 saturated heterocycles. The number of carbonyl (C=O) groups is 1. The predicted octanol–water partition coefficient (Wildman–Crippen LogP) is 3.30. The summed E-state index contributed by atoms with van der Waals surface area (Å²) in [6.45, 7) is 2.25. The van der Waals surface area contributed by atoms with Gasteiger partial charge in [0.05, 0.1) is 0 Å². The van der Waals surface area contributed by atoms with Crippen molar-refractivity contribution in [3.05, 3.63) is 65.7 Å². The molecule has 2 rings (SSSR count). The molecular weight excluding hydrogens is 340 g/mol. The number of alkyl carbamates (subject to hydrolysis) is 1. The maximum Gasteiger partial charge on any atom is 0.407 e. The zero-order valence-electron chi connectivity index (χ0n) is 15.9. The lowest BCUT2D eigenvalue weighted by Crippen LogP contribution is -2.24. The Balaban J connectivity index is 1.62. The second-order valence-corrected chi connectivity index (χ2v) is 6.22. The van der Waals surface area contributed by atoms with Crippen LogP contribution in [0.25, 0.3) is 0 Å². The number of carbonyl (C=O) groups excluding carboxylic acids is 1. The highest BCUT2D eigenvalue weighted by Crippen LogP contribution is 2.11. The molecule has 0 aliphatic carbocycles. The van der Waals surface area contributed by atoms with Crippen LogP contribution in [0.15, 0.2) is 54.6 Å². The summed E-state index contributed by atoms with van der Waals surface area (Å²) in [6, 6.07) is 17.3. The third-order valence-electron chi connectivity index (χ3n) is 3.63. The Morgan fingerprint density at radius 2 is 1.81 bits per heavy atom. The largest absolute Gasteiger partial charge is 0.492 e. The van der Waals surface area contributed by atoms with Gasteiger partial charge >= 0.3 is 6.09 Å². The molecule has 0 saturated carbocycles. The summed E-state index contributed by atoms with van der Waals surface area (Å²) >= 11 is 0. The Kier molecular flexibility index (Phi) is 8.75. The molecule has 5 nitrogen and oxygen atoms in total. The van der Waals surface area contributed by atoms with Gasteiger partial charge in [0.15, 0.2) is 0 Å². The maximum atomic E-state index is 11.6. The Morgan fingerprint density at radius 1 is 1.07 bits per heavy atom. The molecule has 0 radical (unpaired) electrons. The monoisotopic (exact) mass is 366 g/mol. The molecule has 0 aromatic heterocycles. The van der Waals surface area contributed by atoms with Gasteiger partial charge in [-0.15, -0.1) is 0 Å². The van der Waals surface area contributed by atoms with Gasteiger partial charge in [-0.1, -0.05) is 42.2 Å². The highest BCUT2D eigenvalue weighted by molar-refractivity contribution is 5.67. The van der Waals surface area contributed by atoms with Crippen molar-refractivity contribution in [2.75, 3.05) is 33.8 Å². The number of benzene rings is 2. The first-order valence-electron chi connectivity index (χ1n) is 8.94. The molecule has 0 spiro atoms. The molecule has 1 amide bonds. The van der Waals surface area contributed by atoms with E-state index in [-0.39, 0.29) is 6.61 Å². The number of likely N-dealkylation sites (N-methyl/N-ethyl adjacent to an activating group) is 1. The van der Waals surface area contributed by atoms with Crippen LogP contribution in [0.1, 0.15) is 17.5 Å². The molecule has 2 aromatic carbocycles. The minimum atomic E-state index is -0.431. The zero-order chi connectivity index (χ0) is 19.3. The van der Waals surface area contributed by atoms with Gasteiger partial charge in [0.1, 0.15) is 19.0 Å². The highest BCUT2D eigenvalue weighted by Gasteiger charge is 2.00. The Bertz CT molecular complexity index is 747. The highest BCUT2D eigenvalue weighted by atomic mass is 16.5. The van der Waals surface area contributed by atoms with E-state index >= 15 is 0 Å². The number of nitrogens with zero attached hydrogens (tertiary/aromatic N) is 1. The molecule has 2 aromatic rings. The van der Waals surface area contributed by atoms with Crippen LogP contribution in [-0.4, -0.2) is 44.8 Å². The number of amides is 1. The van der Waals surface area contributed by atoms with Crippen LogP contribution >= 0.6 is 0 Å². The second-order valence-electron chi connectivity index (χ2n) is 6.22. The third kappa shape index (κ3) is 8.80. The summed E-state index contributed by atoms with van der Waals surface area (Å²) in [7, 11) is 4.03. The third-order valence-corrected chi connectivity index (χ3v) is 3.63. The molecule has 0 unspecified atom stereocenters. The van der Waals surface area contributed by atoms with Gasteiger partial charge in [0, 0.05) is 25.1 Å². The number of nitrogens with one attached hydrogen (secondary N) is 1. The van der Waals surface area contributed by atoms with Crippen LogP contribution in [0, 0.1) is 11.8 Å². The molecule has 1 N–H and O–H groups in total. The fourth-order valence-electron chi connectivity index (χ4n) is 2.15. The quantitative estimate of drug-likeness (QED) is 0.575. The van der Waals surface area contributed by atoms with Gasteiger partial charge in [-0.2, -0.15) is 0 Å². The number of ether oxygens (including phenoxy) is 2. The molecule has 0 atom stereocenters. The van der Waals surface area contributed by atoms with Crippen molar-refractivity contribution in [2.45, 2.75) is 13.0 Å². The first-order valence-corrected chi connectivity index (χ1v) is 8.94.